The first kappa shape index (κ1) is 11.8. The maximum Gasteiger partial charge on any atom is 0.0831 e. The first-order chi connectivity index (χ1) is 5.48. The van der Waals surface area contributed by atoms with E-state index < -0.39 is 5.60 Å². The van der Waals surface area contributed by atoms with Gasteiger partial charge in [-0.1, -0.05) is 0 Å². The molecule has 0 aliphatic rings. The van der Waals surface area contributed by atoms with E-state index in [-0.39, 0.29) is 6.61 Å². The zero-order valence-corrected chi connectivity index (χ0v) is 8.04. The van der Waals surface area contributed by atoms with Gasteiger partial charge < -0.3 is 15.2 Å². The van der Waals surface area contributed by atoms with Crippen LogP contribution in [-0.2, 0) is 4.84 Å². The van der Waals surface area contributed by atoms with Gasteiger partial charge in [0.05, 0.1) is 5.60 Å². The average molecular weight is 176 g/mol. The molecule has 0 unspecified atom stereocenters. The highest BCUT2D eigenvalue weighted by Gasteiger charge is 2.17. The van der Waals surface area contributed by atoms with Crippen molar-refractivity contribution in [1.29, 1.82) is 0 Å². The Kier molecular flexibility index (Phi) is 5.41. The third-order valence-electron chi connectivity index (χ3n) is 1.56. The molecule has 0 heterocycles. The molecule has 0 atom stereocenters. The summed E-state index contributed by atoms with van der Waals surface area (Å²) in [6.07, 6.45) is 2.41. The molecule has 1 N–H and O–H groups in total. The van der Waals surface area contributed by atoms with Gasteiger partial charge in [-0.2, -0.15) is 0 Å². The van der Waals surface area contributed by atoms with E-state index in [0.29, 0.717) is 5.23 Å². The smallest absolute Gasteiger partial charge is 0.0831 e. The minimum atomic E-state index is -0.425. The summed E-state index contributed by atoms with van der Waals surface area (Å²) >= 11 is 0. The van der Waals surface area contributed by atoms with Crippen LogP contribution in [0.25, 0.3) is 0 Å². The highest BCUT2D eigenvalue weighted by molar-refractivity contribution is 4.67. The summed E-state index contributed by atoms with van der Waals surface area (Å²) in [6.45, 7) is 3.92. The third kappa shape index (κ3) is 6.54. The van der Waals surface area contributed by atoms with Crippen molar-refractivity contribution in [3.8, 4) is 0 Å². The zero-order valence-electron chi connectivity index (χ0n) is 8.04. The standard InChI is InChI=1S/C8H18NO3/c1-8(2,12-9(3)11)6-4-5-7-10/h10H,4-7H2,1-3H3/q-1. The van der Waals surface area contributed by atoms with Crippen molar-refractivity contribution >= 4 is 0 Å². The molecular weight excluding hydrogens is 158 g/mol. The summed E-state index contributed by atoms with van der Waals surface area (Å²) in [4.78, 5) is 4.98. The number of nitrogens with zero attached hydrogens (tertiary/aromatic N) is 1. The second-order valence-corrected chi connectivity index (χ2v) is 3.47. The summed E-state index contributed by atoms with van der Waals surface area (Å²) < 4.78 is 0. The van der Waals surface area contributed by atoms with E-state index in [2.05, 4.69) is 0 Å². The lowest BCUT2D eigenvalue weighted by atomic mass is 10.0. The molecule has 12 heavy (non-hydrogen) atoms. The molecule has 0 bridgehead atoms. The van der Waals surface area contributed by atoms with Crippen LogP contribution in [0.15, 0.2) is 0 Å². The topological polar surface area (TPSA) is 55.8 Å². The second-order valence-electron chi connectivity index (χ2n) is 3.47. The number of hydrogen-bond donors (Lipinski definition) is 1. The Morgan fingerprint density at radius 3 is 2.42 bits per heavy atom. The van der Waals surface area contributed by atoms with E-state index in [1.165, 1.54) is 7.05 Å². The molecule has 0 radical (unpaired) electrons. The van der Waals surface area contributed by atoms with Crippen LogP contribution in [0.2, 0.25) is 0 Å². The van der Waals surface area contributed by atoms with Crippen molar-refractivity contribution in [2.75, 3.05) is 13.7 Å². The molecule has 0 aromatic carbocycles. The van der Waals surface area contributed by atoms with E-state index >= 15 is 0 Å². The van der Waals surface area contributed by atoms with Crippen LogP contribution >= 0.6 is 0 Å². The van der Waals surface area contributed by atoms with E-state index in [4.69, 9.17) is 9.94 Å². The minimum Gasteiger partial charge on any atom is -0.762 e. The fourth-order valence-electron chi connectivity index (χ4n) is 1.06. The van der Waals surface area contributed by atoms with Gasteiger partial charge in [0.25, 0.3) is 0 Å². The predicted molar refractivity (Wildman–Crippen MR) is 47.2 cm³/mol. The van der Waals surface area contributed by atoms with Crippen LogP contribution in [-0.4, -0.2) is 29.6 Å². The fourth-order valence-corrected chi connectivity index (χ4v) is 1.06. The molecule has 0 spiro atoms. The highest BCUT2D eigenvalue weighted by atomic mass is 16.9. The Morgan fingerprint density at radius 1 is 1.42 bits per heavy atom. The molecule has 0 aliphatic carbocycles. The van der Waals surface area contributed by atoms with Crippen molar-refractivity contribution in [2.45, 2.75) is 38.7 Å². The van der Waals surface area contributed by atoms with Gasteiger partial charge in [0.1, 0.15) is 0 Å². The Balaban J connectivity index is 3.56. The first-order valence-electron chi connectivity index (χ1n) is 4.19. The number of hydrogen-bond acceptors (Lipinski definition) is 4. The Morgan fingerprint density at radius 2 is 2.00 bits per heavy atom. The van der Waals surface area contributed by atoms with E-state index in [1.54, 1.807) is 0 Å². The molecule has 0 aliphatic heterocycles. The molecule has 4 heteroatoms. The molecule has 74 valence electrons. The zero-order chi connectivity index (χ0) is 9.61. The summed E-state index contributed by atoms with van der Waals surface area (Å²) in [5.74, 6) is 0. The van der Waals surface area contributed by atoms with Gasteiger partial charge in [0.2, 0.25) is 0 Å². The van der Waals surface area contributed by atoms with Crippen LogP contribution < -0.4 is 0 Å². The molecule has 0 rings (SSSR count). The number of aliphatic hydroxyl groups is 1. The van der Waals surface area contributed by atoms with E-state index in [0.717, 1.165) is 19.3 Å². The van der Waals surface area contributed by atoms with Gasteiger partial charge in [-0.15, -0.1) is 0 Å². The van der Waals surface area contributed by atoms with Crippen LogP contribution in [0.1, 0.15) is 33.1 Å². The Hall–Kier alpha value is -0.160. The van der Waals surface area contributed by atoms with E-state index in [9.17, 15) is 5.21 Å². The maximum atomic E-state index is 10.5. The van der Waals surface area contributed by atoms with Gasteiger partial charge in [-0.05, 0) is 40.2 Å². The predicted octanol–water partition coefficient (Wildman–Crippen LogP) is 1.29. The van der Waals surface area contributed by atoms with Gasteiger partial charge in [0, 0.05) is 6.61 Å². The quantitative estimate of drug-likeness (QED) is 0.489. The Bertz CT molecular complexity index is 115. The van der Waals surface area contributed by atoms with Gasteiger partial charge >= 0.3 is 0 Å². The monoisotopic (exact) mass is 176 g/mol. The summed E-state index contributed by atoms with van der Waals surface area (Å²) in [5.41, 5.74) is -0.425. The Labute approximate surface area is 73.7 Å². The van der Waals surface area contributed by atoms with Gasteiger partial charge in [-0.3, -0.25) is 5.23 Å². The minimum absolute atomic E-state index is 0.198. The third-order valence-corrected chi connectivity index (χ3v) is 1.56. The number of rotatable bonds is 6. The molecule has 0 aromatic rings. The lowest BCUT2D eigenvalue weighted by molar-refractivity contribution is -0.195. The van der Waals surface area contributed by atoms with Crippen molar-refractivity contribution in [2.24, 2.45) is 0 Å². The fraction of sp³-hybridized carbons (Fsp3) is 1.00. The SMILES string of the molecule is CN([O-])OC(C)(C)CCCCO. The van der Waals surface area contributed by atoms with Crippen molar-refractivity contribution in [3.05, 3.63) is 5.21 Å². The molecule has 0 aromatic heterocycles. The molecule has 0 saturated carbocycles. The van der Waals surface area contributed by atoms with Crippen LogP contribution in [0.3, 0.4) is 0 Å². The first-order valence-corrected chi connectivity index (χ1v) is 4.19. The van der Waals surface area contributed by atoms with Crippen LogP contribution in [0, 0.1) is 5.21 Å². The highest BCUT2D eigenvalue weighted by Crippen LogP contribution is 2.18. The van der Waals surface area contributed by atoms with Crippen molar-refractivity contribution in [1.82, 2.24) is 5.23 Å². The number of unbranched alkanes of at least 4 members (excludes halogenated alkanes) is 1. The van der Waals surface area contributed by atoms with Crippen LogP contribution in [0.4, 0.5) is 0 Å². The summed E-state index contributed by atoms with van der Waals surface area (Å²) in [5, 5.41) is 19.5. The molecule has 0 fully saturated rings. The second kappa shape index (κ2) is 5.48. The summed E-state index contributed by atoms with van der Waals surface area (Å²) in [6, 6.07) is 0. The largest absolute Gasteiger partial charge is 0.762 e. The normalized spacial score (nSPS) is 12.5. The lowest BCUT2D eigenvalue weighted by Gasteiger charge is -2.33. The number of hydroxylamine groups is 2. The van der Waals surface area contributed by atoms with Crippen molar-refractivity contribution in [3.63, 3.8) is 0 Å². The molecule has 0 amide bonds. The van der Waals surface area contributed by atoms with Gasteiger partial charge in [-0.25, -0.2) is 0 Å². The van der Waals surface area contributed by atoms with Crippen LogP contribution in [0.5, 0.6) is 0 Å². The van der Waals surface area contributed by atoms with E-state index in [1.807, 2.05) is 13.8 Å². The van der Waals surface area contributed by atoms with Crippen molar-refractivity contribution < 1.29 is 9.94 Å². The maximum absolute atomic E-state index is 10.5. The molecule has 4 nitrogen and oxygen atoms in total. The lowest BCUT2D eigenvalue weighted by Crippen LogP contribution is -2.30. The van der Waals surface area contributed by atoms with Gasteiger partial charge in [0.15, 0.2) is 0 Å². The average Bonchev–Trinajstić information content (AvgIpc) is 1.84. The summed E-state index contributed by atoms with van der Waals surface area (Å²) in [7, 11) is 1.33. The molecular formula is C8H18NO3-. The molecule has 0 saturated heterocycles. The number of aliphatic hydroxyl groups excluding tert-OH is 1.